The van der Waals surface area contributed by atoms with Crippen molar-refractivity contribution in [3.05, 3.63) is 70.8 Å². The second kappa shape index (κ2) is 8.59. The lowest BCUT2D eigenvalue weighted by Crippen LogP contribution is -2.27. The van der Waals surface area contributed by atoms with E-state index in [-0.39, 0.29) is 24.8 Å². The summed E-state index contributed by atoms with van der Waals surface area (Å²) in [6, 6.07) is 9.10. The van der Waals surface area contributed by atoms with Gasteiger partial charge in [-0.2, -0.15) is 0 Å². The van der Waals surface area contributed by atoms with E-state index in [1.54, 1.807) is 35.4 Å². The van der Waals surface area contributed by atoms with Crippen LogP contribution in [0.3, 0.4) is 0 Å². The Morgan fingerprint density at radius 1 is 1.22 bits per heavy atom. The molecule has 0 saturated carbocycles. The molecule has 0 atom stereocenters. The molecule has 2 amide bonds. The zero-order valence-corrected chi connectivity index (χ0v) is 16.2. The van der Waals surface area contributed by atoms with Crippen LogP contribution >= 0.6 is 15.9 Å². The molecule has 0 saturated heterocycles. The molecule has 138 valence electrons. The normalized spacial score (nSPS) is 10.4. The molecule has 0 spiro atoms. The van der Waals surface area contributed by atoms with Gasteiger partial charge in [0.15, 0.2) is 0 Å². The van der Waals surface area contributed by atoms with Crippen molar-refractivity contribution >= 4 is 33.4 Å². The van der Waals surface area contributed by atoms with Crippen LogP contribution in [0.25, 0.3) is 5.82 Å². The number of anilines is 1. The van der Waals surface area contributed by atoms with Gasteiger partial charge in [-0.3, -0.25) is 14.2 Å². The first-order valence-electron chi connectivity index (χ1n) is 8.31. The SMILES string of the molecule is Cc1ccc(Br)cc1NC(=O)CCNC(=O)c1ccc(-n2ccnc2)nc1. The van der Waals surface area contributed by atoms with Gasteiger partial charge in [-0.25, -0.2) is 9.97 Å². The summed E-state index contributed by atoms with van der Waals surface area (Å²) in [5, 5.41) is 5.57. The van der Waals surface area contributed by atoms with Gasteiger partial charge in [-0.05, 0) is 36.8 Å². The van der Waals surface area contributed by atoms with Crippen LogP contribution in [0.1, 0.15) is 22.3 Å². The van der Waals surface area contributed by atoms with Crippen molar-refractivity contribution in [2.75, 3.05) is 11.9 Å². The predicted octanol–water partition coefficient (Wildman–Crippen LogP) is 3.10. The second-order valence-electron chi connectivity index (χ2n) is 5.89. The largest absolute Gasteiger partial charge is 0.351 e. The highest BCUT2D eigenvalue weighted by Gasteiger charge is 2.09. The lowest BCUT2D eigenvalue weighted by molar-refractivity contribution is -0.116. The topological polar surface area (TPSA) is 88.9 Å². The molecule has 0 aliphatic carbocycles. The van der Waals surface area contributed by atoms with Crippen LogP contribution in [0.4, 0.5) is 5.69 Å². The van der Waals surface area contributed by atoms with Crippen molar-refractivity contribution < 1.29 is 9.59 Å². The van der Waals surface area contributed by atoms with Gasteiger partial charge in [0, 0.05) is 41.7 Å². The van der Waals surface area contributed by atoms with E-state index in [9.17, 15) is 9.59 Å². The van der Waals surface area contributed by atoms with E-state index in [0.29, 0.717) is 11.4 Å². The van der Waals surface area contributed by atoms with Crippen molar-refractivity contribution in [3.63, 3.8) is 0 Å². The van der Waals surface area contributed by atoms with E-state index >= 15 is 0 Å². The minimum absolute atomic E-state index is 0.162. The number of nitrogens with zero attached hydrogens (tertiary/aromatic N) is 3. The number of hydrogen-bond acceptors (Lipinski definition) is 4. The minimum Gasteiger partial charge on any atom is -0.351 e. The summed E-state index contributed by atoms with van der Waals surface area (Å²) in [4.78, 5) is 32.4. The smallest absolute Gasteiger partial charge is 0.252 e. The average Bonchev–Trinajstić information content (AvgIpc) is 3.19. The number of imidazole rings is 1. The van der Waals surface area contributed by atoms with Gasteiger partial charge in [0.05, 0.1) is 5.56 Å². The lowest BCUT2D eigenvalue weighted by Gasteiger charge is -2.09. The van der Waals surface area contributed by atoms with E-state index in [1.807, 2.05) is 25.1 Å². The van der Waals surface area contributed by atoms with E-state index < -0.39 is 0 Å². The van der Waals surface area contributed by atoms with E-state index in [2.05, 4.69) is 36.5 Å². The first-order valence-corrected chi connectivity index (χ1v) is 9.11. The maximum absolute atomic E-state index is 12.2. The third kappa shape index (κ3) is 5.01. The third-order valence-corrected chi connectivity index (χ3v) is 4.38. The van der Waals surface area contributed by atoms with Crippen LogP contribution < -0.4 is 10.6 Å². The van der Waals surface area contributed by atoms with Gasteiger partial charge in [-0.1, -0.05) is 22.0 Å². The summed E-state index contributed by atoms with van der Waals surface area (Å²) in [6.07, 6.45) is 6.73. The lowest BCUT2D eigenvalue weighted by atomic mass is 10.2. The van der Waals surface area contributed by atoms with Gasteiger partial charge in [0.25, 0.3) is 5.91 Å². The molecule has 0 aliphatic heterocycles. The van der Waals surface area contributed by atoms with Crippen molar-refractivity contribution in [2.45, 2.75) is 13.3 Å². The predicted molar refractivity (Wildman–Crippen MR) is 106 cm³/mol. The number of halogens is 1. The number of rotatable bonds is 6. The number of aryl methyl sites for hydroxylation is 1. The fraction of sp³-hybridized carbons (Fsp3) is 0.158. The van der Waals surface area contributed by atoms with Crippen LogP contribution in [0, 0.1) is 6.92 Å². The first kappa shape index (κ1) is 18.8. The number of pyridine rings is 1. The molecule has 0 radical (unpaired) electrons. The Labute approximate surface area is 165 Å². The number of nitrogens with one attached hydrogen (secondary N) is 2. The standard InChI is InChI=1S/C19H18BrN5O2/c1-13-2-4-15(20)10-16(13)24-18(26)6-7-22-19(27)14-3-5-17(23-11-14)25-9-8-21-12-25/h2-5,8-12H,6-7H2,1H3,(H,22,27)(H,24,26). The van der Waals surface area contributed by atoms with E-state index in [4.69, 9.17) is 0 Å². The number of carbonyl (C=O) groups excluding carboxylic acids is 2. The molecular weight excluding hydrogens is 410 g/mol. The molecule has 27 heavy (non-hydrogen) atoms. The van der Waals surface area contributed by atoms with Gasteiger partial charge in [0.1, 0.15) is 12.1 Å². The van der Waals surface area contributed by atoms with Crippen molar-refractivity contribution in [1.82, 2.24) is 19.9 Å². The Hall–Kier alpha value is -3.00. The van der Waals surface area contributed by atoms with Gasteiger partial charge in [-0.15, -0.1) is 0 Å². The minimum atomic E-state index is -0.272. The Balaban J connectivity index is 1.49. The highest BCUT2D eigenvalue weighted by molar-refractivity contribution is 9.10. The highest BCUT2D eigenvalue weighted by Crippen LogP contribution is 2.20. The van der Waals surface area contributed by atoms with Gasteiger partial charge in [0.2, 0.25) is 5.91 Å². The molecule has 7 nitrogen and oxygen atoms in total. The molecule has 0 unspecified atom stereocenters. The maximum atomic E-state index is 12.2. The molecule has 0 bridgehead atoms. The summed E-state index contributed by atoms with van der Waals surface area (Å²) in [5.41, 5.74) is 2.15. The zero-order chi connectivity index (χ0) is 19.2. The molecule has 0 fully saturated rings. The molecular formula is C19H18BrN5O2. The van der Waals surface area contributed by atoms with Crippen LogP contribution in [0.2, 0.25) is 0 Å². The van der Waals surface area contributed by atoms with Crippen LogP contribution in [-0.4, -0.2) is 32.9 Å². The fourth-order valence-corrected chi connectivity index (χ4v) is 2.76. The zero-order valence-electron chi connectivity index (χ0n) is 14.6. The summed E-state index contributed by atoms with van der Waals surface area (Å²) in [7, 11) is 0. The van der Waals surface area contributed by atoms with Crippen molar-refractivity contribution in [3.8, 4) is 5.82 Å². The second-order valence-corrected chi connectivity index (χ2v) is 6.80. The highest BCUT2D eigenvalue weighted by atomic mass is 79.9. The Morgan fingerprint density at radius 2 is 2.07 bits per heavy atom. The van der Waals surface area contributed by atoms with Gasteiger partial charge < -0.3 is 10.6 Å². The summed E-state index contributed by atoms with van der Waals surface area (Å²) >= 11 is 3.38. The number of carbonyl (C=O) groups is 2. The molecule has 0 aliphatic rings. The van der Waals surface area contributed by atoms with Crippen molar-refractivity contribution in [2.24, 2.45) is 0 Å². The van der Waals surface area contributed by atoms with Crippen LogP contribution in [0.5, 0.6) is 0 Å². The van der Waals surface area contributed by atoms with Gasteiger partial charge >= 0.3 is 0 Å². The fourth-order valence-electron chi connectivity index (χ4n) is 2.40. The number of hydrogen-bond donors (Lipinski definition) is 2. The summed E-state index contributed by atoms with van der Waals surface area (Å²) in [6.45, 7) is 2.16. The Morgan fingerprint density at radius 3 is 2.78 bits per heavy atom. The summed E-state index contributed by atoms with van der Waals surface area (Å²) < 4.78 is 2.64. The quantitative estimate of drug-likeness (QED) is 0.632. The van der Waals surface area contributed by atoms with Crippen LogP contribution in [-0.2, 0) is 4.79 Å². The van der Waals surface area contributed by atoms with E-state index in [1.165, 1.54) is 6.20 Å². The van der Waals surface area contributed by atoms with Crippen molar-refractivity contribution in [1.29, 1.82) is 0 Å². The Kier molecular flexibility index (Phi) is 5.97. The molecule has 2 heterocycles. The number of aromatic nitrogens is 3. The Bertz CT molecular complexity index is 939. The molecule has 8 heteroatoms. The molecule has 3 rings (SSSR count). The third-order valence-electron chi connectivity index (χ3n) is 3.89. The average molecular weight is 428 g/mol. The first-order chi connectivity index (χ1) is 13.0. The molecule has 1 aromatic carbocycles. The van der Waals surface area contributed by atoms with Crippen LogP contribution in [0.15, 0.2) is 59.7 Å². The summed E-state index contributed by atoms with van der Waals surface area (Å²) in [5.74, 6) is 0.240. The van der Waals surface area contributed by atoms with E-state index in [0.717, 1.165) is 15.7 Å². The maximum Gasteiger partial charge on any atom is 0.252 e. The number of benzene rings is 1. The molecule has 2 aromatic heterocycles. The monoisotopic (exact) mass is 427 g/mol. The number of amides is 2. The molecule has 2 N–H and O–H groups in total. The molecule has 3 aromatic rings.